The molecule has 3 aromatic rings. The third-order valence-electron chi connectivity index (χ3n) is 5.55. The third-order valence-corrected chi connectivity index (χ3v) is 6.66. The maximum Gasteiger partial charge on any atom is 0.0461 e. The van der Waals surface area contributed by atoms with Gasteiger partial charge in [0.2, 0.25) is 0 Å². The molecule has 0 saturated heterocycles. The van der Waals surface area contributed by atoms with Gasteiger partial charge in [0, 0.05) is 51.6 Å². The number of nitrogens with one attached hydrogen (secondary N) is 1. The molecule has 1 aliphatic heterocycles. The highest BCUT2D eigenvalue weighted by atomic mass is 32.2. The van der Waals surface area contributed by atoms with Crippen molar-refractivity contribution in [1.29, 1.82) is 0 Å². The minimum absolute atomic E-state index is 0.618. The van der Waals surface area contributed by atoms with Crippen molar-refractivity contribution >= 4 is 28.2 Å². The first-order valence-corrected chi connectivity index (χ1v) is 10.8. The highest BCUT2D eigenvalue weighted by molar-refractivity contribution is 7.99. The Morgan fingerprint density at radius 1 is 1.15 bits per heavy atom. The predicted octanol–water partition coefficient (Wildman–Crippen LogP) is 6.38. The van der Waals surface area contributed by atoms with Crippen LogP contribution < -0.4 is 0 Å². The van der Waals surface area contributed by atoms with Crippen molar-refractivity contribution in [3.05, 3.63) is 65.9 Å². The average molecular weight is 377 g/mol. The number of H-pyrrole nitrogens is 1. The van der Waals surface area contributed by atoms with Gasteiger partial charge in [-0.1, -0.05) is 43.0 Å². The van der Waals surface area contributed by atoms with Crippen molar-refractivity contribution in [2.75, 3.05) is 13.1 Å². The number of aromatic nitrogens is 1. The van der Waals surface area contributed by atoms with Crippen molar-refractivity contribution in [2.24, 2.45) is 0 Å². The van der Waals surface area contributed by atoms with E-state index in [1.807, 2.05) is 11.8 Å². The SMILES string of the molecule is CCc1ccccc1Sc1ccc2[nH]cc(C3=CCN(C(C)C)CC3)c2c1. The van der Waals surface area contributed by atoms with Gasteiger partial charge in [0.15, 0.2) is 0 Å². The lowest BCUT2D eigenvalue weighted by Gasteiger charge is -2.29. The fourth-order valence-electron chi connectivity index (χ4n) is 3.85. The molecule has 1 aliphatic rings. The van der Waals surface area contributed by atoms with Gasteiger partial charge in [0.1, 0.15) is 0 Å². The number of hydrogen-bond donors (Lipinski definition) is 1. The molecule has 140 valence electrons. The smallest absolute Gasteiger partial charge is 0.0461 e. The molecule has 27 heavy (non-hydrogen) atoms. The van der Waals surface area contributed by atoms with Crippen molar-refractivity contribution in [3.63, 3.8) is 0 Å². The Kier molecular flexibility index (Phi) is 5.42. The van der Waals surface area contributed by atoms with Crippen LogP contribution in [0.1, 0.15) is 38.3 Å². The van der Waals surface area contributed by atoms with Gasteiger partial charge in [0.05, 0.1) is 0 Å². The number of benzene rings is 2. The van der Waals surface area contributed by atoms with Gasteiger partial charge in [0.25, 0.3) is 0 Å². The third kappa shape index (κ3) is 3.85. The molecule has 2 heterocycles. The van der Waals surface area contributed by atoms with Crippen molar-refractivity contribution in [2.45, 2.75) is 49.4 Å². The van der Waals surface area contributed by atoms with Crippen LogP contribution in [0.4, 0.5) is 0 Å². The van der Waals surface area contributed by atoms with E-state index in [2.05, 4.69) is 85.4 Å². The summed E-state index contributed by atoms with van der Waals surface area (Å²) in [6.45, 7) is 8.99. The molecule has 1 aromatic heterocycles. The normalized spacial score (nSPS) is 15.5. The molecule has 0 radical (unpaired) electrons. The first-order valence-electron chi connectivity index (χ1n) is 9.96. The number of nitrogens with zero attached hydrogens (tertiary/aromatic N) is 1. The summed E-state index contributed by atoms with van der Waals surface area (Å²) < 4.78 is 0. The predicted molar refractivity (Wildman–Crippen MR) is 118 cm³/mol. The van der Waals surface area contributed by atoms with E-state index in [1.165, 1.54) is 37.4 Å². The van der Waals surface area contributed by atoms with Gasteiger partial charge >= 0.3 is 0 Å². The Morgan fingerprint density at radius 2 is 2.00 bits per heavy atom. The van der Waals surface area contributed by atoms with Crippen LogP contribution in [0.15, 0.2) is 64.5 Å². The van der Waals surface area contributed by atoms with Crippen LogP contribution in [0.2, 0.25) is 0 Å². The largest absolute Gasteiger partial charge is 0.361 e. The fraction of sp³-hybridized carbons (Fsp3) is 0.333. The summed E-state index contributed by atoms with van der Waals surface area (Å²) in [5.41, 5.74) is 5.50. The number of aryl methyl sites for hydroxylation is 1. The van der Waals surface area contributed by atoms with Crippen LogP contribution in [-0.4, -0.2) is 29.0 Å². The molecule has 0 amide bonds. The summed E-state index contributed by atoms with van der Waals surface area (Å²) in [7, 11) is 0. The molecular weight excluding hydrogens is 348 g/mol. The second-order valence-electron chi connectivity index (χ2n) is 7.54. The zero-order chi connectivity index (χ0) is 18.8. The summed E-state index contributed by atoms with van der Waals surface area (Å²) in [5, 5.41) is 1.35. The standard InChI is InChI=1S/C24H28N2S/c1-4-18-7-5-6-8-24(18)27-20-9-10-23-21(15-20)22(16-25-23)19-11-13-26(14-12-19)17(2)3/h5-11,15-17,25H,4,12-14H2,1-3H3. The molecular formula is C24H28N2S. The molecule has 0 bridgehead atoms. The van der Waals surface area contributed by atoms with E-state index in [1.54, 1.807) is 0 Å². The molecule has 1 N–H and O–H groups in total. The van der Waals surface area contributed by atoms with Crippen molar-refractivity contribution < 1.29 is 0 Å². The zero-order valence-corrected chi connectivity index (χ0v) is 17.3. The van der Waals surface area contributed by atoms with Gasteiger partial charge in [-0.05, 0) is 62.1 Å². The summed E-state index contributed by atoms with van der Waals surface area (Å²) in [6, 6.07) is 16.2. The Bertz CT molecular complexity index is 967. The molecule has 2 aromatic carbocycles. The molecule has 0 saturated carbocycles. The van der Waals surface area contributed by atoms with E-state index in [-0.39, 0.29) is 0 Å². The molecule has 0 aliphatic carbocycles. The second kappa shape index (κ2) is 7.95. The van der Waals surface area contributed by atoms with Crippen LogP contribution in [-0.2, 0) is 6.42 Å². The van der Waals surface area contributed by atoms with Crippen LogP contribution in [0.3, 0.4) is 0 Å². The van der Waals surface area contributed by atoms with E-state index in [4.69, 9.17) is 0 Å². The summed E-state index contributed by atoms with van der Waals surface area (Å²) in [5.74, 6) is 0. The Balaban J connectivity index is 1.64. The van der Waals surface area contributed by atoms with Gasteiger partial charge < -0.3 is 4.98 Å². The first-order chi connectivity index (χ1) is 13.2. The van der Waals surface area contributed by atoms with Gasteiger partial charge in [-0.25, -0.2) is 0 Å². The van der Waals surface area contributed by atoms with E-state index in [0.29, 0.717) is 6.04 Å². The Hall–Kier alpha value is -1.97. The van der Waals surface area contributed by atoms with Crippen molar-refractivity contribution in [3.8, 4) is 0 Å². The monoisotopic (exact) mass is 376 g/mol. The maximum absolute atomic E-state index is 3.47. The molecule has 0 spiro atoms. The van der Waals surface area contributed by atoms with E-state index in [9.17, 15) is 0 Å². The van der Waals surface area contributed by atoms with Crippen LogP contribution in [0.5, 0.6) is 0 Å². The van der Waals surface area contributed by atoms with Crippen LogP contribution in [0.25, 0.3) is 16.5 Å². The highest BCUT2D eigenvalue weighted by Crippen LogP contribution is 2.35. The van der Waals surface area contributed by atoms with Crippen LogP contribution >= 0.6 is 11.8 Å². The minimum atomic E-state index is 0.618. The summed E-state index contributed by atoms with van der Waals surface area (Å²) >= 11 is 1.88. The topological polar surface area (TPSA) is 19.0 Å². The molecule has 0 unspecified atom stereocenters. The number of aromatic amines is 1. The number of fused-ring (bicyclic) bond motifs is 1. The zero-order valence-electron chi connectivity index (χ0n) is 16.5. The lowest BCUT2D eigenvalue weighted by Crippen LogP contribution is -2.34. The number of hydrogen-bond acceptors (Lipinski definition) is 2. The Morgan fingerprint density at radius 3 is 2.74 bits per heavy atom. The summed E-state index contributed by atoms with van der Waals surface area (Å²) in [4.78, 5) is 8.67. The highest BCUT2D eigenvalue weighted by Gasteiger charge is 2.17. The lowest BCUT2D eigenvalue weighted by atomic mass is 9.98. The average Bonchev–Trinajstić information content (AvgIpc) is 3.12. The quantitative estimate of drug-likeness (QED) is 0.557. The summed E-state index contributed by atoms with van der Waals surface area (Å²) in [6.07, 6.45) is 6.80. The Labute approximate surface area is 166 Å². The second-order valence-corrected chi connectivity index (χ2v) is 8.66. The van der Waals surface area contributed by atoms with E-state index in [0.717, 1.165) is 25.9 Å². The molecule has 0 atom stereocenters. The van der Waals surface area contributed by atoms with E-state index < -0.39 is 0 Å². The van der Waals surface area contributed by atoms with Gasteiger partial charge in [-0.3, -0.25) is 4.90 Å². The fourth-order valence-corrected chi connectivity index (χ4v) is 4.91. The maximum atomic E-state index is 3.47. The molecule has 4 rings (SSSR count). The molecule has 0 fully saturated rings. The molecule has 3 heteroatoms. The lowest BCUT2D eigenvalue weighted by molar-refractivity contribution is 0.245. The van der Waals surface area contributed by atoms with Crippen molar-refractivity contribution in [1.82, 2.24) is 9.88 Å². The van der Waals surface area contributed by atoms with Crippen LogP contribution in [0, 0.1) is 0 Å². The number of rotatable bonds is 5. The van der Waals surface area contributed by atoms with E-state index >= 15 is 0 Å². The van der Waals surface area contributed by atoms with Gasteiger partial charge in [-0.2, -0.15) is 0 Å². The minimum Gasteiger partial charge on any atom is -0.361 e. The molecule has 2 nitrogen and oxygen atoms in total. The van der Waals surface area contributed by atoms with Gasteiger partial charge in [-0.15, -0.1) is 0 Å². The first kappa shape index (κ1) is 18.4.